The molecule has 0 saturated carbocycles. The largest absolute Gasteiger partial charge is 0.481 e. The number of hydrogen-bond acceptors (Lipinski definition) is 6. The van der Waals surface area contributed by atoms with Gasteiger partial charge in [-0.3, -0.25) is 24.8 Å². The van der Waals surface area contributed by atoms with E-state index in [1.165, 1.54) is 0 Å². The number of carbonyl (C=O) groups excluding carboxylic acids is 1. The van der Waals surface area contributed by atoms with E-state index in [9.17, 15) is 9.59 Å². The van der Waals surface area contributed by atoms with Crippen molar-refractivity contribution in [3.8, 4) is 0 Å². The van der Waals surface area contributed by atoms with Gasteiger partial charge < -0.3 is 9.84 Å². The fourth-order valence-corrected chi connectivity index (χ4v) is 2.25. The fourth-order valence-electron chi connectivity index (χ4n) is 2.25. The number of aliphatic carboxylic acids is 1. The van der Waals surface area contributed by atoms with Gasteiger partial charge in [-0.05, 0) is 0 Å². The van der Waals surface area contributed by atoms with E-state index in [0.29, 0.717) is 13.2 Å². The number of hydrazine groups is 1. The molecule has 2 atom stereocenters. The number of nitrogens with two attached hydrogens (primary N) is 1. The van der Waals surface area contributed by atoms with E-state index in [1.807, 2.05) is 0 Å². The molecule has 102 valence electrons. The van der Waals surface area contributed by atoms with Gasteiger partial charge in [-0.1, -0.05) is 0 Å². The molecule has 18 heavy (non-hydrogen) atoms. The van der Waals surface area contributed by atoms with Crippen molar-refractivity contribution in [2.24, 2.45) is 5.84 Å². The first-order valence-corrected chi connectivity index (χ1v) is 5.94. The second-order valence-corrected chi connectivity index (χ2v) is 4.45. The predicted molar refractivity (Wildman–Crippen MR) is 61.0 cm³/mol. The maximum atomic E-state index is 11.7. The van der Waals surface area contributed by atoms with Crippen molar-refractivity contribution in [2.45, 2.75) is 25.2 Å². The molecule has 0 aromatic carbocycles. The Labute approximate surface area is 105 Å². The molecule has 2 heterocycles. The summed E-state index contributed by atoms with van der Waals surface area (Å²) < 4.78 is 5.25. The maximum absolute atomic E-state index is 11.7. The van der Waals surface area contributed by atoms with Crippen molar-refractivity contribution in [1.29, 1.82) is 0 Å². The summed E-state index contributed by atoms with van der Waals surface area (Å²) in [6, 6.07) is 0. The number of rotatable bonds is 3. The van der Waals surface area contributed by atoms with Crippen molar-refractivity contribution in [2.75, 3.05) is 26.3 Å². The highest BCUT2D eigenvalue weighted by Crippen LogP contribution is 2.14. The van der Waals surface area contributed by atoms with Gasteiger partial charge in [0.05, 0.1) is 32.2 Å². The third-order valence-corrected chi connectivity index (χ3v) is 3.23. The first-order chi connectivity index (χ1) is 8.58. The van der Waals surface area contributed by atoms with E-state index in [2.05, 4.69) is 10.2 Å². The molecule has 2 unspecified atom stereocenters. The lowest BCUT2D eigenvalue weighted by molar-refractivity contribution is -0.148. The topological polar surface area (TPSA) is 108 Å². The highest BCUT2D eigenvalue weighted by atomic mass is 16.5. The summed E-state index contributed by atoms with van der Waals surface area (Å²) in [5.74, 6) is 4.35. The number of nitrogens with zero attached hydrogens (tertiary/aromatic N) is 2. The van der Waals surface area contributed by atoms with E-state index in [0.717, 1.165) is 18.1 Å². The van der Waals surface area contributed by atoms with Crippen LogP contribution in [0.3, 0.4) is 0 Å². The number of morpholine rings is 1. The summed E-state index contributed by atoms with van der Waals surface area (Å²) in [7, 11) is 0. The van der Waals surface area contributed by atoms with Crippen LogP contribution in [0.25, 0.3) is 0 Å². The van der Waals surface area contributed by atoms with Crippen molar-refractivity contribution >= 4 is 11.9 Å². The van der Waals surface area contributed by atoms with Gasteiger partial charge in [-0.15, -0.1) is 0 Å². The normalized spacial score (nSPS) is 30.5. The fraction of sp³-hybridized carbons (Fsp3) is 0.800. The van der Waals surface area contributed by atoms with E-state index in [1.54, 1.807) is 0 Å². The third-order valence-electron chi connectivity index (χ3n) is 3.23. The van der Waals surface area contributed by atoms with E-state index in [-0.39, 0.29) is 24.9 Å². The standard InChI is InChI=1S/C10H18N4O4/c11-14-8(6-10(16)17)12-7(5-9(14)15)13-1-3-18-4-2-13/h7-8,12H,1-6,11H2,(H,16,17). The van der Waals surface area contributed by atoms with E-state index in [4.69, 9.17) is 15.7 Å². The van der Waals surface area contributed by atoms with Crippen LogP contribution in [0.15, 0.2) is 0 Å². The Hall–Kier alpha value is -1.22. The molecule has 1 amide bonds. The van der Waals surface area contributed by atoms with Crippen LogP contribution in [0.4, 0.5) is 0 Å². The summed E-state index contributed by atoms with van der Waals surface area (Å²) in [5, 5.41) is 12.9. The average Bonchev–Trinajstić information content (AvgIpc) is 2.35. The zero-order chi connectivity index (χ0) is 13.1. The molecule has 0 aromatic rings. The van der Waals surface area contributed by atoms with Gasteiger partial charge in [0, 0.05) is 13.1 Å². The second kappa shape index (κ2) is 5.61. The molecule has 2 saturated heterocycles. The third kappa shape index (κ3) is 2.96. The number of nitrogens with one attached hydrogen (secondary N) is 1. The minimum atomic E-state index is -0.988. The Kier molecular flexibility index (Phi) is 4.12. The van der Waals surface area contributed by atoms with Gasteiger partial charge in [0.2, 0.25) is 5.91 Å². The number of ether oxygens (including phenoxy) is 1. The zero-order valence-electron chi connectivity index (χ0n) is 10.0. The quantitative estimate of drug-likeness (QED) is 0.402. The first kappa shape index (κ1) is 13.2. The minimum Gasteiger partial charge on any atom is -0.481 e. The Balaban J connectivity index is 2.00. The molecule has 2 aliphatic heterocycles. The van der Waals surface area contributed by atoms with Crippen LogP contribution >= 0.6 is 0 Å². The molecule has 8 heteroatoms. The summed E-state index contributed by atoms with van der Waals surface area (Å²) in [6.07, 6.45) is -0.766. The van der Waals surface area contributed by atoms with E-state index >= 15 is 0 Å². The molecule has 2 aliphatic rings. The summed E-state index contributed by atoms with van der Waals surface area (Å²) >= 11 is 0. The predicted octanol–water partition coefficient (Wildman–Crippen LogP) is -1.86. The second-order valence-electron chi connectivity index (χ2n) is 4.45. The molecule has 0 aromatic heterocycles. The van der Waals surface area contributed by atoms with Gasteiger partial charge in [-0.25, -0.2) is 5.84 Å². The number of hydrogen-bond donors (Lipinski definition) is 3. The van der Waals surface area contributed by atoms with Crippen LogP contribution in [0.2, 0.25) is 0 Å². The number of carboxylic acids is 1. The van der Waals surface area contributed by atoms with Crippen LogP contribution < -0.4 is 11.2 Å². The average molecular weight is 258 g/mol. The minimum absolute atomic E-state index is 0.162. The lowest BCUT2D eigenvalue weighted by Crippen LogP contribution is -2.66. The van der Waals surface area contributed by atoms with Crippen LogP contribution in [0, 0.1) is 0 Å². The molecular weight excluding hydrogens is 240 g/mol. The highest BCUT2D eigenvalue weighted by Gasteiger charge is 2.35. The number of carbonyl (C=O) groups is 2. The van der Waals surface area contributed by atoms with Crippen LogP contribution in [0.5, 0.6) is 0 Å². The molecule has 2 fully saturated rings. The molecular formula is C10H18N4O4. The molecule has 0 spiro atoms. The molecule has 0 bridgehead atoms. The first-order valence-electron chi connectivity index (χ1n) is 5.94. The lowest BCUT2D eigenvalue weighted by atomic mass is 10.1. The van der Waals surface area contributed by atoms with Gasteiger partial charge in [-0.2, -0.15) is 0 Å². The van der Waals surface area contributed by atoms with E-state index < -0.39 is 12.1 Å². The Morgan fingerprint density at radius 2 is 2.17 bits per heavy atom. The van der Waals surface area contributed by atoms with Crippen LogP contribution in [0.1, 0.15) is 12.8 Å². The summed E-state index contributed by atoms with van der Waals surface area (Å²) in [5.41, 5.74) is 0. The van der Waals surface area contributed by atoms with Gasteiger partial charge in [0.15, 0.2) is 0 Å². The summed E-state index contributed by atoms with van der Waals surface area (Å²) in [4.78, 5) is 24.6. The van der Waals surface area contributed by atoms with Crippen molar-refractivity contribution < 1.29 is 19.4 Å². The van der Waals surface area contributed by atoms with Gasteiger partial charge in [0.25, 0.3) is 0 Å². The SMILES string of the molecule is NN1C(=O)CC(N2CCOCC2)NC1CC(=O)O. The molecule has 2 rings (SSSR count). The molecule has 0 radical (unpaired) electrons. The molecule has 4 N–H and O–H groups in total. The Morgan fingerprint density at radius 3 is 2.78 bits per heavy atom. The highest BCUT2D eigenvalue weighted by molar-refractivity contribution is 5.78. The maximum Gasteiger partial charge on any atom is 0.306 e. The molecule has 8 nitrogen and oxygen atoms in total. The number of amides is 1. The zero-order valence-corrected chi connectivity index (χ0v) is 10.0. The number of carboxylic acid groups (broad SMARTS) is 1. The van der Waals surface area contributed by atoms with Crippen LogP contribution in [-0.4, -0.2) is 65.5 Å². The van der Waals surface area contributed by atoms with Crippen LogP contribution in [-0.2, 0) is 14.3 Å². The van der Waals surface area contributed by atoms with Crippen molar-refractivity contribution in [1.82, 2.24) is 15.2 Å². The van der Waals surface area contributed by atoms with Crippen molar-refractivity contribution in [3.05, 3.63) is 0 Å². The van der Waals surface area contributed by atoms with Gasteiger partial charge >= 0.3 is 5.97 Å². The lowest BCUT2D eigenvalue weighted by Gasteiger charge is -2.42. The molecule has 0 aliphatic carbocycles. The van der Waals surface area contributed by atoms with Gasteiger partial charge in [0.1, 0.15) is 6.17 Å². The smallest absolute Gasteiger partial charge is 0.306 e. The Morgan fingerprint density at radius 1 is 1.50 bits per heavy atom. The summed E-state index contributed by atoms with van der Waals surface area (Å²) in [6.45, 7) is 2.72. The monoisotopic (exact) mass is 258 g/mol. The van der Waals surface area contributed by atoms with Crippen molar-refractivity contribution in [3.63, 3.8) is 0 Å². The Bertz CT molecular complexity index is 332.